The number of ether oxygens (including phenoxy) is 2. The van der Waals surface area contributed by atoms with E-state index in [1.54, 1.807) is 20.5 Å². The maximum absolute atomic E-state index is 12.2. The van der Waals surface area contributed by atoms with Crippen molar-refractivity contribution in [2.24, 2.45) is 0 Å². The molecule has 1 heterocycles. The van der Waals surface area contributed by atoms with E-state index in [0.29, 0.717) is 30.9 Å². The van der Waals surface area contributed by atoms with E-state index in [1.807, 2.05) is 49.3 Å². The first-order valence-corrected chi connectivity index (χ1v) is 8.23. The lowest BCUT2D eigenvalue weighted by atomic mass is 10.1. The van der Waals surface area contributed by atoms with E-state index in [4.69, 9.17) is 13.9 Å². The third-order valence-electron chi connectivity index (χ3n) is 4.09. The summed E-state index contributed by atoms with van der Waals surface area (Å²) in [4.78, 5) is 14.3. The Kier molecular flexibility index (Phi) is 6.89. The van der Waals surface area contributed by atoms with Crippen molar-refractivity contribution in [3.63, 3.8) is 0 Å². The van der Waals surface area contributed by atoms with Gasteiger partial charge in [0.1, 0.15) is 5.76 Å². The van der Waals surface area contributed by atoms with Gasteiger partial charge in [0, 0.05) is 13.0 Å². The average molecular weight is 346 g/mol. The number of amides is 1. The van der Waals surface area contributed by atoms with Gasteiger partial charge in [0.15, 0.2) is 11.5 Å². The van der Waals surface area contributed by atoms with Crippen LogP contribution in [0.2, 0.25) is 0 Å². The van der Waals surface area contributed by atoms with Crippen LogP contribution in [0.25, 0.3) is 0 Å². The molecule has 136 valence electrons. The lowest BCUT2D eigenvalue weighted by Gasteiger charge is -2.22. The fourth-order valence-electron chi connectivity index (χ4n) is 2.72. The zero-order valence-corrected chi connectivity index (χ0v) is 15.2. The second-order valence-corrected chi connectivity index (χ2v) is 5.95. The van der Waals surface area contributed by atoms with Crippen LogP contribution in [0, 0.1) is 0 Å². The monoisotopic (exact) mass is 346 g/mol. The predicted molar refractivity (Wildman–Crippen MR) is 96.0 cm³/mol. The number of likely N-dealkylation sites (N-methyl/N-ethyl adjacent to an activating group) is 1. The molecule has 0 saturated heterocycles. The van der Waals surface area contributed by atoms with Crippen LogP contribution in [0.3, 0.4) is 0 Å². The lowest BCUT2D eigenvalue weighted by molar-refractivity contribution is -0.121. The number of carbonyl (C=O) groups is 1. The third kappa shape index (κ3) is 5.00. The molecule has 1 amide bonds. The summed E-state index contributed by atoms with van der Waals surface area (Å²) in [6.45, 7) is 0.495. The Bertz CT molecular complexity index is 668. The van der Waals surface area contributed by atoms with Gasteiger partial charge in [0.05, 0.1) is 26.5 Å². The van der Waals surface area contributed by atoms with Gasteiger partial charge in [-0.15, -0.1) is 0 Å². The molecule has 0 aliphatic rings. The molecule has 2 aromatic rings. The second-order valence-electron chi connectivity index (χ2n) is 5.95. The Morgan fingerprint density at radius 2 is 2.00 bits per heavy atom. The molecule has 0 saturated carbocycles. The first-order valence-electron chi connectivity index (χ1n) is 8.23. The minimum atomic E-state index is -0.0109. The Hall–Kier alpha value is -2.47. The fraction of sp³-hybridized carbons (Fsp3) is 0.421. The standard InChI is InChI=1S/C19H26N2O4/c1-21(2)15(16-9-6-12-25-16)13-20-18(22)11-10-14-7-5-8-17(23-3)19(14)24-4/h5-9,12,15H,10-11,13H2,1-4H3,(H,20,22). The number of methoxy groups -OCH3 is 2. The van der Waals surface area contributed by atoms with Crippen LogP contribution in [-0.4, -0.2) is 45.7 Å². The quantitative estimate of drug-likeness (QED) is 0.756. The SMILES string of the molecule is COc1cccc(CCC(=O)NCC(c2ccco2)N(C)C)c1OC. The van der Waals surface area contributed by atoms with Gasteiger partial charge in [0.2, 0.25) is 5.91 Å². The Labute approximate surface area is 148 Å². The van der Waals surface area contributed by atoms with Gasteiger partial charge in [-0.2, -0.15) is 0 Å². The van der Waals surface area contributed by atoms with E-state index in [-0.39, 0.29) is 11.9 Å². The summed E-state index contributed by atoms with van der Waals surface area (Å²) >= 11 is 0. The highest BCUT2D eigenvalue weighted by Crippen LogP contribution is 2.31. The molecule has 6 nitrogen and oxygen atoms in total. The molecule has 0 aliphatic carbocycles. The first-order chi connectivity index (χ1) is 12.1. The topological polar surface area (TPSA) is 63.9 Å². The fourth-order valence-corrected chi connectivity index (χ4v) is 2.72. The van der Waals surface area contributed by atoms with Crippen LogP contribution >= 0.6 is 0 Å². The van der Waals surface area contributed by atoms with Crippen LogP contribution in [0.5, 0.6) is 11.5 Å². The number of rotatable bonds is 9. The van der Waals surface area contributed by atoms with Crippen molar-refractivity contribution in [1.29, 1.82) is 0 Å². The maximum Gasteiger partial charge on any atom is 0.220 e. The molecule has 0 bridgehead atoms. The Morgan fingerprint density at radius 3 is 2.60 bits per heavy atom. The molecule has 1 unspecified atom stereocenters. The molecule has 2 rings (SSSR count). The van der Waals surface area contributed by atoms with E-state index in [0.717, 1.165) is 11.3 Å². The third-order valence-corrected chi connectivity index (χ3v) is 4.09. The van der Waals surface area contributed by atoms with E-state index < -0.39 is 0 Å². The smallest absolute Gasteiger partial charge is 0.220 e. The molecular formula is C19H26N2O4. The van der Waals surface area contributed by atoms with Gasteiger partial charge in [-0.05, 0) is 44.3 Å². The number of nitrogens with zero attached hydrogens (tertiary/aromatic N) is 1. The number of hydrogen-bond acceptors (Lipinski definition) is 5. The first kappa shape index (κ1) is 18.9. The van der Waals surface area contributed by atoms with Crippen LogP contribution in [0.4, 0.5) is 0 Å². The van der Waals surface area contributed by atoms with E-state index >= 15 is 0 Å². The number of furan rings is 1. The van der Waals surface area contributed by atoms with Crippen molar-refractivity contribution in [1.82, 2.24) is 10.2 Å². The van der Waals surface area contributed by atoms with Crippen LogP contribution < -0.4 is 14.8 Å². The van der Waals surface area contributed by atoms with Gasteiger partial charge < -0.3 is 19.2 Å². The number of carbonyl (C=O) groups excluding carboxylic acids is 1. The second kappa shape index (κ2) is 9.13. The summed E-state index contributed by atoms with van der Waals surface area (Å²) in [5, 5.41) is 2.98. The van der Waals surface area contributed by atoms with Crippen molar-refractivity contribution in [2.45, 2.75) is 18.9 Å². The summed E-state index contributed by atoms with van der Waals surface area (Å²) in [6, 6.07) is 9.45. The van der Waals surface area contributed by atoms with Gasteiger partial charge in [-0.1, -0.05) is 12.1 Å². The zero-order chi connectivity index (χ0) is 18.2. The van der Waals surface area contributed by atoms with Gasteiger partial charge in [-0.25, -0.2) is 0 Å². The Morgan fingerprint density at radius 1 is 1.20 bits per heavy atom. The summed E-state index contributed by atoms with van der Waals surface area (Å²) in [7, 11) is 7.12. The molecule has 0 aliphatic heterocycles. The summed E-state index contributed by atoms with van der Waals surface area (Å²) in [5.41, 5.74) is 0.951. The van der Waals surface area contributed by atoms with E-state index in [2.05, 4.69) is 5.32 Å². The van der Waals surface area contributed by atoms with Crippen molar-refractivity contribution >= 4 is 5.91 Å². The molecular weight excluding hydrogens is 320 g/mol. The normalized spacial score (nSPS) is 12.0. The van der Waals surface area contributed by atoms with E-state index in [1.165, 1.54) is 0 Å². The minimum absolute atomic E-state index is 0.00491. The van der Waals surface area contributed by atoms with Crippen molar-refractivity contribution in [2.75, 3.05) is 34.9 Å². The molecule has 1 aromatic heterocycles. The van der Waals surface area contributed by atoms with Gasteiger partial charge in [-0.3, -0.25) is 9.69 Å². The average Bonchev–Trinajstić information content (AvgIpc) is 3.13. The zero-order valence-electron chi connectivity index (χ0n) is 15.2. The summed E-state index contributed by atoms with van der Waals surface area (Å²) < 4.78 is 16.1. The van der Waals surface area contributed by atoms with Crippen molar-refractivity contribution < 1.29 is 18.7 Å². The molecule has 1 aromatic carbocycles. The van der Waals surface area contributed by atoms with Crippen LogP contribution in [-0.2, 0) is 11.2 Å². The Balaban J connectivity index is 1.91. The number of benzene rings is 1. The number of para-hydroxylation sites is 1. The lowest BCUT2D eigenvalue weighted by Crippen LogP contribution is -2.34. The largest absolute Gasteiger partial charge is 0.493 e. The van der Waals surface area contributed by atoms with Gasteiger partial charge in [0.25, 0.3) is 0 Å². The van der Waals surface area contributed by atoms with Crippen molar-refractivity contribution in [3.05, 3.63) is 47.9 Å². The molecule has 1 N–H and O–H groups in total. The van der Waals surface area contributed by atoms with Crippen LogP contribution in [0.1, 0.15) is 23.8 Å². The van der Waals surface area contributed by atoms with Crippen molar-refractivity contribution in [3.8, 4) is 11.5 Å². The summed E-state index contributed by atoms with van der Waals surface area (Å²) in [6.07, 6.45) is 2.60. The van der Waals surface area contributed by atoms with Crippen LogP contribution in [0.15, 0.2) is 41.0 Å². The molecule has 0 spiro atoms. The molecule has 0 radical (unpaired) electrons. The highest BCUT2D eigenvalue weighted by atomic mass is 16.5. The predicted octanol–water partition coefficient (Wildman–Crippen LogP) is 2.65. The van der Waals surface area contributed by atoms with Gasteiger partial charge >= 0.3 is 0 Å². The number of nitrogens with one attached hydrogen (secondary N) is 1. The molecule has 6 heteroatoms. The highest BCUT2D eigenvalue weighted by Gasteiger charge is 2.18. The number of aryl methyl sites for hydroxylation is 1. The molecule has 1 atom stereocenters. The number of hydrogen-bond donors (Lipinski definition) is 1. The summed E-state index contributed by atoms with van der Waals surface area (Å²) in [5.74, 6) is 2.17. The highest BCUT2D eigenvalue weighted by molar-refractivity contribution is 5.76. The molecule has 0 fully saturated rings. The maximum atomic E-state index is 12.2. The minimum Gasteiger partial charge on any atom is -0.493 e. The van der Waals surface area contributed by atoms with E-state index in [9.17, 15) is 4.79 Å². The molecule has 25 heavy (non-hydrogen) atoms.